The van der Waals surface area contributed by atoms with Crippen LogP contribution in [0.1, 0.15) is 24.5 Å². The third-order valence-corrected chi connectivity index (χ3v) is 2.88. The lowest BCUT2D eigenvalue weighted by atomic mass is 9.94. The zero-order chi connectivity index (χ0) is 9.31. The Morgan fingerprint density at radius 3 is 2.85 bits per heavy atom. The maximum Gasteiger partial charge on any atom is 0.0873 e. The molecule has 2 rings (SSSR count). The van der Waals surface area contributed by atoms with Crippen LogP contribution in [0.15, 0.2) is 24.5 Å². The van der Waals surface area contributed by atoms with Crippen LogP contribution in [-0.2, 0) is 0 Å². The van der Waals surface area contributed by atoms with Crippen molar-refractivity contribution in [2.45, 2.75) is 18.9 Å². The zero-order valence-corrected chi connectivity index (χ0v) is 7.48. The molecule has 1 atom stereocenters. The Bertz CT molecular complexity index is 282. The van der Waals surface area contributed by atoms with E-state index in [0.717, 1.165) is 18.4 Å². The van der Waals surface area contributed by atoms with Crippen LogP contribution in [0.4, 0.5) is 0 Å². The Labute approximate surface area is 77.6 Å². The second-order valence-corrected chi connectivity index (χ2v) is 3.76. The summed E-state index contributed by atoms with van der Waals surface area (Å²) in [4.78, 5) is 3.98. The molecule has 0 saturated heterocycles. The lowest BCUT2D eigenvalue weighted by Crippen LogP contribution is -2.23. The molecule has 0 amide bonds. The van der Waals surface area contributed by atoms with Crippen molar-refractivity contribution in [3.05, 3.63) is 30.1 Å². The van der Waals surface area contributed by atoms with Crippen LogP contribution in [0.2, 0.25) is 0 Å². The van der Waals surface area contributed by atoms with E-state index in [9.17, 15) is 5.11 Å². The van der Waals surface area contributed by atoms with E-state index in [1.54, 1.807) is 12.4 Å². The molecule has 3 heteroatoms. The highest BCUT2D eigenvalue weighted by Crippen LogP contribution is 2.53. The Morgan fingerprint density at radius 2 is 2.38 bits per heavy atom. The van der Waals surface area contributed by atoms with E-state index in [-0.39, 0.29) is 5.41 Å². The van der Waals surface area contributed by atoms with E-state index in [4.69, 9.17) is 5.73 Å². The van der Waals surface area contributed by atoms with Crippen LogP contribution < -0.4 is 5.73 Å². The number of aliphatic hydroxyl groups excluding tert-OH is 1. The first-order chi connectivity index (χ1) is 6.28. The predicted octanol–water partition coefficient (Wildman–Crippen LogP) is 0.854. The fourth-order valence-electron chi connectivity index (χ4n) is 1.64. The number of aliphatic hydroxyl groups is 1. The predicted molar refractivity (Wildman–Crippen MR) is 49.9 cm³/mol. The summed E-state index contributed by atoms with van der Waals surface area (Å²) in [5, 5.41) is 9.99. The minimum atomic E-state index is -0.439. The highest BCUT2D eigenvalue weighted by atomic mass is 16.3. The fraction of sp³-hybridized carbons (Fsp3) is 0.500. The number of hydrogen-bond donors (Lipinski definition) is 2. The number of nitrogens with zero attached hydrogens (tertiary/aromatic N) is 1. The maximum absolute atomic E-state index is 9.99. The van der Waals surface area contributed by atoms with Crippen LogP contribution in [0, 0.1) is 5.41 Å². The summed E-state index contributed by atoms with van der Waals surface area (Å²) in [6, 6.07) is 3.73. The Kier molecular flexibility index (Phi) is 2.06. The average molecular weight is 178 g/mol. The van der Waals surface area contributed by atoms with Crippen molar-refractivity contribution in [3.63, 3.8) is 0 Å². The zero-order valence-electron chi connectivity index (χ0n) is 7.48. The fourth-order valence-corrected chi connectivity index (χ4v) is 1.64. The summed E-state index contributed by atoms with van der Waals surface area (Å²) < 4.78 is 0. The number of nitrogens with two attached hydrogens (primary N) is 1. The Balaban J connectivity index is 2.18. The molecule has 0 bridgehead atoms. The largest absolute Gasteiger partial charge is 0.388 e. The molecule has 1 aromatic rings. The highest BCUT2D eigenvalue weighted by molar-refractivity contribution is 5.18. The standard InChI is InChI=1S/C10H14N2O/c11-7-10(3-4-10)9(13)8-2-1-5-12-6-8/h1-2,5-6,9,13H,3-4,7,11H2. The van der Waals surface area contributed by atoms with Gasteiger partial charge in [-0.15, -0.1) is 0 Å². The van der Waals surface area contributed by atoms with Crippen LogP contribution >= 0.6 is 0 Å². The minimum Gasteiger partial charge on any atom is -0.388 e. The molecule has 0 spiro atoms. The van der Waals surface area contributed by atoms with Crippen molar-refractivity contribution < 1.29 is 5.11 Å². The molecule has 70 valence electrons. The molecule has 0 radical (unpaired) electrons. The quantitative estimate of drug-likeness (QED) is 0.721. The lowest BCUT2D eigenvalue weighted by Gasteiger charge is -2.20. The Morgan fingerprint density at radius 1 is 1.62 bits per heavy atom. The van der Waals surface area contributed by atoms with E-state index in [1.165, 1.54) is 0 Å². The molecule has 13 heavy (non-hydrogen) atoms. The molecule has 1 fully saturated rings. The molecule has 1 aromatic heterocycles. The molecule has 0 aliphatic heterocycles. The SMILES string of the molecule is NCC1(C(O)c2cccnc2)CC1. The maximum atomic E-state index is 9.99. The van der Waals surface area contributed by atoms with Gasteiger partial charge in [-0.25, -0.2) is 0 Å². The van der Waals surface area contributed by atoms with Crippen LogP contribution in [-0.4, -0.2) is 16.6 Å². The van der Waals surface area contributed by atoms with Gasteiger partial charge in [-0.3, -0.25) is 4.98 Å². The summed E-state index contributed by atoms with van der Waals surface area (Å²) in [7, 11) is 0. The summed E-state index contributed by atoms with van der Waals surface area (Å²) in [6.45, 7) is 0.559. The van der Waals surface area contributed by atoms with Crippen molar-refractivity contribution >= 4 is 0 Å². The van der Waals surface area contributed by atoms with Crippen molar-refractivity contribution in [1.29, 1.82) is 0 Å². The average Bonchev–Trinajstić information content (AvgIpc) is 2.99. The van der Waals surface area contributed by atoms with Gasteiger partial charge in [-0.1, -0.05) is 6.07 Å². The normalized spacial score (nSPS) is 21.1. The van der Waals surface area contributed by atoms with E-state index in [0.29, 0.717) is 6.54 Å². The summed E-state index contributed by atoms with van der Waals surface area (Å²) in [5.74, 6) is 0. The molecule has 1 heterocycles. The molecule has 1 aliphatic rings. The van der Waals surface area contributed by atoms with Gasteiger partial charge in [0.2, 0.25) is 0 Å². The number of rotatable bonds is 3. The van der Waals surface area contributed by atoms with Gasteiger partial charge >= 0.3 is 0 Å². The van der Waals surface area contributed by atoms with Gasteiger partial charge in [0.15, 0.2) is 0 Å². The number of aromatic nitrogens is 1. The van der Waals surface area contributed by atoms with Crippen molar-refractivity contribution in [2.75, 3.05) is 6.54 Å². The minimum absolute atomic E-state index is 0.0525. The van der Waals surface area contributed by atoms with Crippen LogP contribution in [0.5, 0.6) is 0 Å². The lowest BCUT2D eigenvalue weighted by molar-refractivity contribution is 0.0972. The molecule has 0 aromatic carbocycles. The molecular weight excluding hydrogens is 164 g/mol. The van der Waals surface area contributed by atoms with Crippen LogP contribution in [0.3, 0.4) is 0 Å². The molecular formula is C10H14N2O. The van der Waals surface area contributed by atoms with Gasteiger partial charge in [0, 0.05) is 24.4 Å². The second-order valence-electron chi connectivity index (χ2n) is 3.76. The highest BCUT2D eigenvalue weighted by Gasteiger charge is 2.48. The summed E-state index contributed by atoms with van der Waals surface area (Å²) >= 11 is 0. The number of pyridine rings is 1. The summed E-state index contributed by atoms with van der Waals surface area (Å²) in [6.07, 6.45) is 5.03. The third kappa shape index (κ3) is 1.45. The van der Waals surface area contributed by atoms with E-state index >= 15 is 0 Å². The first kappa shape index (κ1) is 8.66. The Hall–Kier alpha value is -0.930. The monoisotopic (exact) mass is 178 g/mol. The molecule has 3 N–H and O–H groups in total. The van der Waals surface area contributed by atoms with Crippen molar-refractivity contribution in [2.24, 2.45) is 11.1 Å². The van der Waals surface area contributed by atoms with Gasteiger partial charge < -0.3 is 10.8 Å². The van der Waals surface area contributed by atoms with E-state index < -0.39 is 6.10 Å². The second kappa shape index (κ2) is 3.09. The smallest absolute Gasteiger partial charge is 0.0873 e. The van der Waals surface area contributed by atoms with Crippen LogP contribution in [0.25, 0.3) is 0 Å². The topological polar surface area (TPSA) is 59.1 Å². The van der Waals surface area contributed by atoms with Crippen molar-refractivity contribution in [1.82, 2.24) is 4.98 Å². The summed E-state index contributed by atoms with van der Waals surface area (Å²) in [5.41, 5.74) is 6.45. The first-order valence-corrected chi connectivity index (χ1v) is 4.56. The number of hydrogen-bond acceptors (Lipinski definition) is 3. The van der Waals surface area contributed by atoms with Gasteiger partial charge in [-0.05, 0) is 24.5 Å². The third-order valence-electron chi connectivity index (χ3n) is 2.88. The molecule has 1 unspecified atom stereocenters. The molecule has 3 nitrogen and oxygen atoms in total. The van der Waals surface area contributed by atoms with Crippen molar-refractivity contribution in [3.8, 4) is 0 Å². The first-order valence-electron chi connectivity index (χ1n) is 4.56. The van der Waals surface area contributed by atoms with Gasteiger partial charge in [-0.2, -0.15) is 0 Å². The van der Waals surface area contributed by atoms with E-state index in [1.807, 2.05) is 12.1 Å². The van der Waals surface area contributed by atoms with Gasteiger partial charge in [0.1, 0.15) is 0 Å². The van der Waals surface area contributed by atoms with E-state index in [2.05, 4.69) is 4.98 Å². The van der Waals surface area contributed by atoms with Gasteiger partial charge in [0.05, 0.1) is 6.10 Å². The van der Waals surface area contributed by atoms with Gasteiger partial charge in [0.25, 0.3) is 0 Å². The molecule has 1 saturated carbocycles. The molecule has 1 aliphatic carbocycles.